The summed E-state index contributed by atoms with van der Waals surface area (Å²) in [4.78, 5) is 16.8. The molecule has 0 aliphatic carbocycles. The number of carbonyl (C=O) groups is 1. The van der Waals surface area contributed by atoms with Gasteiger partial charge >= 0.3 is 0 Å². The number of carbonyl (C=O) groups excluding carboxylic acids is 1. The Labute approximate surface area is 207 Å². The molecular weight excluding hydrogens is 466 g/mol. The van der Waals surface area contributed by atoms with E-state index in [2.05, 4.69) is 39.8 Å². The Hall–Kier alpha value is -3.06. The SMILES string of the molecule is Cc1ccc(-c2ccc(C3NC(=O)c4c(sc5c4CCN(Cc4ccccc4)C5)N3)o2)cc1Cl. The van der Waals surface area contributed by atoms with Crippen LogP contribution in [0.25, 0.3) is 11.3 Å². The molecule has 2 aromatic heterocycles. The number of amides is 1. The van der Waals surface area contributed by atoms with Gasteiger partial charge in [-0.2, -0.15) is 0 Å². The number of nitrogens with one attached hydrogen (secondary N) is 2. The lowest BCUT2D eigenvalue weighted by atomic mass is 10.0. The fourth-order valence-electron chi connectivity index (χ4n) is 4.70. The molecule has 172 valence electrons. The molecular formula is C27H24ClN3O2S. The Balaban J connectivity index is 1.22. The van der Waals surface area contributed by atoms with E-state index in [1.807, 2.05) is 43.3 Å². The summed E-state index contributed by atoms with van der Waals surface area (Å²) in [5, 5.41) is 8.21. The average Bonchev–Trinajstić information content (AvgIpc) is 3.46. The van der Waals surface area contributed by atoms with Crippen molar-refractivity contribution < 1.29 is 9.21 Å². The third-order valence-electron chi connectivity index (χ3n) is 6.53. The summed E-state index contributed by atoms with van der Waals surface area (Å²) in [6, 6.07) is 20.2. The summed E-state index contributed by atoms with van der Waals surface area (Å²) in [5.41, 5.74) is 5.23. The number of aryl methyl sites for hydroxylation is 1. The van der Waals surface area contributed by atoms with Crippen molar-refractivity contribution >= 4 is 33.8 Å². The molecule has 2 aromatic carbocycles. The van der Waals surface area contributed by atoms with Crippen LogP contribution in [-0.4, -0.2) is 17.4 Å². The number of rotatable bonds is 4. The minimum atomic E-state index is -0.407. The van der Waals surface area contributed by atoms with Crippen LogP contribution < -0.4 is 10.6 Å². The molecule has 0 saturated heterocycles. The van der Waals surface area contributed by atoms with Crippen LogP contribution in [0.15, 0.2) is 65.1 Å². The van der Waals surface area contributed by atoms with Gasteiger partial charge in [0.1, 0.15) is 16.5 Å². The third-order valence-corrected chi connectivity index (χ3v) is 8.09. The lowest BCUT2D eigenvalue weighted by Gasteiger charge is -2.28. The van der Waals surface area contributed by atoms with E-state index in [0.717, 1.165) is 53.5 Å². The van der Waals surface area contributed by atoms with E-state index < -0.39 is 6.17 Å². The van der Waals surface area contributed by atoms with E-state index in [1.54, 1.807) is 11.3 Å². The van der Waals surface area contributed by atoms with E-state index in [1.165, 1.54) is 16.0 Å². The second-order valence-corrected chi connectivity index (χ2v) is 10.4. The fourth-order valence-corrected chi connectivity index (χ4v) is 6.19. The summed E-state index contributed by atoms with van der Waals surface area (Å²) in [5.74, 6) is 1.35. The molecule has 2 aliphatic heterocycles. The Morgan fingerprint density at radius 3 is 2.79 bits per heavy atom. The molecule has 4 aromatic rings. The average molecular weight is 490 g/mol. The number of fused-ring (bicyclic) bond motifs is 3. The van der Waals surface area contributed by atoms with Crippen LogP contribution in [0.3, 0.4) is 0 Å². The number of furan rings is 1. The summed E-state index contributed by atoms with van der Waals surface area (Å²) in [6.07, 6.45) is 0.475. The van der Waals surface area contributed by atoms with Crippen LogP contribution in [0, 0.1) is 6.92 Å². The van der Waals surface area contributed by atoms with E-state index in [0.29, 0.717) is 10.8 Å². The van der Waals surface area contributed by atoms with Crippen LogP contribution in [0.2, 0.25) is 5.02 Å². The number of halogens is 1. The molecule has 1 amide bonds. The van der Waals surface area contributed by atoms with Crippen molar-refractivity contribution in [1.82, 2.24) is 10.2 Å². The Bertz CT molecular complexity index is 1380. The molecule has 7 heteroatoms. The molecule has 34 heavy (non-hydrogen) atoms. The fraction of sp³-hybridized carbons (Fsp3) is 0.222. The van der Waals surface area contributed by atoms with Crippen LogP contribution in [0.4, 0.5) is 5.00 Å². The highest BCUT2D eigenvalue weighted by molar-refractivity contribution is 7.16. The number of anilines is 1. The van der Waals surface area contributed by atoms with Gasteiger partial charge in [-0.3, -0.25) is 9.69 Å². The highest BCUT2D eigenvalue weighted by Gasteiger charge is 2.34. The Morgan fingerprint density at radius 1 is 1.12 bits per heavy atom. The second-order valence-electron chi connectivity index (χ2n) is 8.87. The molecule has 6 rings (SSSR count). The number of thiophene rings is 1. The normalized spacial score (nSPS) is 17.6. The maximum Gasteiger partial charge on any atom is 0.256 e. The number of nitrogens with zero attached hydrogens (tertiary/aromatic N) is 1. The monoisotopic (exact) mass is 489 g/mol. The molecule has 0 bridgehead atoms. The van der Waals surface area contributed by atoms with E-state index in [9.17, 15) is 4.79 Å². The zero-order chi connectivity index (χ0) is 23.2. The minimum absolute atomic E-state index is 0.0379. The van der Waals surface area contributed by atoms with Gasteiger partial charge in [0.15, 0.2) is 6.17 Å². The quantitative estimate of drug-likeness (QED) is 0.349. The smallest absolute Gasteiger partial charge is 0.256 e. The van der Waals surface area contributed by atoms with E-state index >= 15 is 0 Å². The Morgan fingerprint density at radius 2 is 1.97 bits per heavy atom. The van der Waals surface area contributed by atoms with Gasteiger partial charge in [0.05, 0.1) is 5.56 Å². The standard InChI is InChI=1S/C27H24ClN3O2S/c1-16-7-8-18(13-20(16)28)21-9-10-22(33-21)25-29-26(32)24-19-11-12-31(14-17-5-3-2-4-6-17)15-23(19)34-27(24)30-25/h2-10,13,25,30H,11-12,14-15H2,1H3,(H,29,32). The van der Waals surface area contributed by atoms with Gasteiger partial charge in [-0.25, -0.2) is 0 Å². The first-order valence-corrected chi connectivity index (χ1v) is 12.6. The largest absolute Gasteiger partial charge is 0.457 e. The molecule has 1 unspecified atom stereocenters. The van der Waals surface area contributed by atoms with Gasteiger partial charge in [0, 0.05) is 35.1 Å². The van der Waals surface area contributed by atoms with Gasteiger partial charge < -0.3 is 15.1 Å². The molecule has 1 atom stereocenters. The van der Waals surface area contributed by atoms with Crippen LogP contribution >= 0.6 is 22.9 Å². The predicted octanol–water partition coefficient (Wildman–Crippen LogP) is 6.38. The topological polar surface area (TPSA) is 57.5 Å². The maximum atomic E-state index is 13.1. The van der Waals surface area contributed by atoms with Crippen LogP contribution in [-0.2, 0) is 19.5 Å². The first kappa shape index (κ1) is 21.5. The van der Waals surface area contributed by atoms with Gasteiger partial charge in [-0.1, -0.05) is 54.1 Å². The highest BCUT2D eigenvalue weighted by Crippen LogP contribution is 2.41. The molecule has 5 nitrogen and oxygen atoms in total. The van der Waals surface area contributed by atoms with Gasteiger partial charge in [0.25, 0.3) is 5.91 Å². The number of benzene rings is 2. The summed E-state index contributed by atoms with van der Waals surface area (Å²) >= 11 is 7.97. The lowest BCUT2D eigenvalue weighted by molar-refractivity contribution is 0.0930. The summed E-state index contributed by atoms with van der Waals surface area (Å²) < 4.78 is 6.11. The lowest BCUT2D eigenvalue weighted by Crippen LogP contribution is -2.38. The van der Waals surface area contributed by atoms with Crippen molar-refractivity contribution in [2.24, 2.45) is 0 Å². The van der Waals surface area contributed by atoms with Crippen molar-refractivity contribution in [3.63, 3.8) is 0 Å². The van der Waals surface area contributed by atoms with Crippen LogP contribution in [0.1, 0.15) is 43.9 Å². The molecule has 0 fully saturated rings. The van der Waals surface area contributed by atoms with Crippen LogP contribution in [0.5, 0.6) is 0 Å². The van der Waals surface area contributed by atoms with Crippen molar-refractivity contribution in [2.75, 3.05) is 11.9 Å². The molecule has 2 N–H and O–H groups in total. The number of hydrogen-bond acceptors (Lipinski definition) is 5. The zero-order valence-corrected chi connectivity index (χ0v) is 20.3. The molecule has 0 saturated carbocycles. The van der Waals surface area contributed by atoms with Crippen molar-refractivity contribution in [1.29, 1.82) is 0 Å². The Kier molecular flexibility index (Phi) is 5.44. The summed E-state index contributed by atoms with van der Waals surface area (Å²) in [6.45, 7) is 4.70. The van der Waals surface area contributed by atoms with Crippen molar-refractivity contribution in [3.05, 3.63) is 98.6 Å². The molecule has 4 heterocycles. The van der Waals surface area contributed by atoms with Crippen molar-refractivity contribution in [2.45, 2.75) is 32.6 Å². The van der Waals surface area contributed by atoms with E-state index in [-0.39, 0.29) is 5.91 Å². The molecule has 0 spiro atoms. The highest BCUT2D eigenvalue weighted by atomic mass is 35.5. The molecule has 0 radical (unpaired) electrons. The molecule has 2 aliphatic rings. The van der Waals surface area contributed by atoms with Gasteiger partial charge in [-0.15, -0.1) is 11.3 Å². The van der Waals surface area contributed by atoms with Gasteiger partial charge in [0.2, 0.25) is 0 Å². The minimum Gasteiger partial charge on any atom is -0.457 e. The number of hydrogen-bond donors (Lipinski definition) is 2. The third kappa shape index (κ3) is 3.92. The predicted molar refractivity (Wildman–Crippen MR) is 136 cm³/mol. The van der Waals surface area contributed by atoms with Crippen molar-refractivity contribution in [3.8, 4) is 11.3 Å². The van der Waals surface area contributed by atoms with E-state index in [4.69, 9.17) is 16.0 Å². The maximum absolute atomic E-state index is 13.1. The summed E-state index contributed by atoms with van der Waals surface area (Å²) in [7, 11) is 0. The zero-order valence-electron chi connectivity index (χ0n) is 18.7. The second kappa shape index (κ2) is 8.62. The van der Waals surface area contributed by atoms with Gasteiger partial charge in [-0.05, 0) is 48.2 Å². The first-order chi connectivity index (χ1) is 16.5. The first-order valence-electron chi connectivity index (χ1n) is 11.4.